The van der Waals surface area contributed by atoms with E-state index in [2.05, 4.69) is 41.0 Å². The molecule has 0 bridgehead atoms. The second-order valence-corrected chi connectivity index (χ2v) is 4.83. The van der Waals surface area contributed by atoms with E-state index in [0.29, 0.717) is 6.54 Å². The second-order valence-electron chi connectivity index (χ2n) is 4.83. The molecule has 0 saturated heterocycles. The van der Waals surface area contributed by atoms with Gasteiger partial charge in [0.15, 0.2) is 5.82 Å². The summed E-state index contributed by atoms with van der Waals surface area (Å²) in [5.41, 5.74) is 10.9. The standard InChI is InChI=1S/C15H19N5/c1-3-11-8-14(20(4-2)19-11)15-17-12-6-5-10(9-16)7-13(12)18-15/h5-8H,3-4,9,16H2,1-2H3,(H,17,18). The Balaban J connectivity index is 2.11. The monoisotopic (exact) mass is 269 g/mol. The number of benzene rings is 1. The number of hydrogen-bond acceptors (Lipinski definition) is 3. The third kappa shape index (κ3) is 2.10. The smallest absolute Gasteiger partial charge is 0.156 e. The van der Waals surface area contributed by atoms with E-state index in [1.54, 1.807) is 0 Å². The molecule has 0 unspecified atom stereocenters. The van der Waals surface area contributed by atoms with Gasteiger partial charge in [-0.25, -0.2) is 4.98 Å². The molecule has 0 spiro atoms. The molecule has 5 nitrogen and oxygen atoms in total. The lowest BCUT2D eigenvalue weighted by Gasteiger charge is -2.00. The van der Waals surface area contributed by atoms with E-state index in [0.717, 1.165) is 46.8 Å². The summed E-state index contributed by atoms with van der Waals surface area (Å²) in [5, 5.41) is 4.56. The van der Waals surface area contributed by atoms with Crippen LogP contribution >= 0.6 is 0 Å². The third-order valence-electron chi connectivity index (χ3n) is 3.52. The highest BCUT2D eigenvalue weighted by molar-refractivity contribution is 5.79. The predicted octanol–water partition coefficient (Wildman–Crippen LogP) is 2.47. The number of aromatic amines is 1. The highest BCUT2D eigenvalue weighted by Crippen LogP contribution is 2.22. The van der Waals surface area contributed by atoms with E-state index in [1.807, 2.05) is 16.8 Å². The molecule has 1 aromatic carbocycles. The Kier molecular flexibility index (Phi) is 3.28. The van der Waals surface area contributed by atoms with E-state index in [-0.39, 0.29) is 0 Å². The topological polar surface area (TPSA) is 72.5 Å². The molecule has 0 aliphatic carbocycles. The van der Waals surface area contributed by atoms with Crippen molar-refractivity contribution in [2.24, 2.45) is 5.73 Å². The number of hydrogen-bond donors (Lipinski definition) is 2. The Labute approximate surface area is 117 Å². The number of nitrogens with zero attached hydrogens (tertiary/aromatic N) is 3. The molecule has 3 rings (SSSR count). The molecule has 0 saturated carbocycles. The van der Waals surface area contributed by atoms with Crippen LogP contribution in [0, 0.1) is 0 Å². The van der Waals surface area contributed by atoms with Crippen molar-refractivity contribution < 1.29 is 0 Å². The van der Waals surface area contributed by atoms with Crippen molar-refractivity contribution >= 4 is 11.0 Å². The van der Waals surface area contributed by atoms with Gasteiger partial charge in [-0.2, -0.15) is 5.10 Å². The minimum Gasteiger partial charge on any atom is -0.337 e. The van der Waals surface area contributed by atoms with E-state index in [9.17, 15) is 0 Å². The Hall–Kier alpha value is -2.14. The van der Waals surface area contributed by atoms with Crippen LogP contribution in [-0.4, -0.2) is 19.7 Å². The van der Waals surface area contributed by atoms with Gasteiger partial charge in [0.25, 0.3) is 0 Å². The lowest BCUT2D eigenvalue weighted by atomic mass is 10.2. The zero-order chi connectivity index (χ0) is 14.1. The zero-order valence-electron chi connectivity index (χ0n) is 11.8. The first-order valence-electron chi connectivity index (χ1n) is 7.01. The number of nitrogens with one attached hydrogen (secondary N) is 1. The van der Waals surface area contributed by atoms with Crippen LogP contribution in [0.4, 0.5) is 0 Å². The Morgan fingerprint density at radius 3 is 2.80 bits per heavy atom. The lowest BCUT2D eigenvalue weighted by Crippen LogP contribution is -2.00. The normalized spacial score (nSPS) is 11.3. The Morgan fingerprint density at radius 2 is 2.10 bits per heavy atom. The molecule has 0 amide bonds. The molecular formula is C15H19N5. The molecule has 5 heteroatoms. The minimum atomic E-state index is 0.539. The second kappa shape index (κ2) is 5.09. The van der Waals surface area contributed by atoms with Gasteiger partial charge in [0.1, 0.15) is 5.69 Å². The average Bonchev–Trinajstić information content (AvgIpc) is 3.09. The number of aryl methyl sites for hydroxylation is 2. The summed E-state index contributed by atoms with van der Waals surface area (Å²) in [5.74, 6) is 0.864. The van der Waals surface area contributed by atoms with E-state index in [1.165, 1.54) is 0 Å². The van der Waals surface area contributed by atoms with Crippen molar-refractivity contribution in [3.63, 3.8) is 0 Å². The average molecular weight is 269 g/mol. The van der Waals surface area contributed by atoms with Gasteiger partial charge in [-0.05, 0) is 37.1 Å². The van der Waals surface area contributed by atoms with Crippen LogP contribution < -0.4 is 5.73 Å². The van der Waals surface area contributed by atoms with Crippen LogP contribution in [0.3, 0.4) is 0 Å². The van der Waals surface area contributed by atoms with Crippen LogP contribution in [0.5, 0.6) is 0 Å². The summed E-state index contributed by atoms with van der Waals surface area (Å²) in [6.45, 7) is 5.57. The molecule has 104 valence electrons. The number of H-pyrrole nitrogens is 1. The summed E-state index contributed by atoms with van der Waals surface area (Å²) in [6.07, 6.45) is 0.928. The van der Waals surface area contributed by atoms with E-state index in [4.69, 9.17) is 5.73 Å². The summed E-state index contributed by atoms with van der Waals surface area (Å²) in [6, 6.07) is 8.18. The molecule has 2 heterocycles. The van der Waals surface area contributed by atoms with Gasteiger partial charge >= 0.3 is 0 Å². The molecule has 2 aromatic heterocycles. The predicted molar refractivity (Wildman–Crippen MR) is 80.3 cm³/mol. The highest BCUT2D eigenvalue weighted by Gasteiger charge is 2.12. The van der Waals surface area contributed by atoms with Gasteiger partial charge in [0.2, 0.25) is 0 Å². The summed E-state index contributed by atoms with van der Waals surface area (Å²) < 4.78 is 1.99. The number of imidazole rings is 1. The van der Waals surface area contributed by atoms with Crippen LogP contribution in [-0.2, 0) is 19.5 Å². The summed E-state index contributed by atoms with van der Waals surface area (Å²) >= 11 is 0. The van der Waals surface area contributed by atoms with Crippen molar-refractivity contribution in [2.75, 3.05) is 0 Å². The fourth-order valence-electron chi connectivity index (χ4n) is 2.38. The fourth-order valence-corrected chi connectivity index (χ4v) is 2.38. The first-order chi connectivity index (χ1) is 9.75. The molecule has 0 fully saturated rings. The van der Waals surface area contributed by atoms with Crippen LogP contribution in [0.25, 0.3) is 22.6 Å². The number of aromatic nitrogens is 4. The maximum atomic E-state index is 5.68. The minimum absolute atomic E-state index is 0.539. The van der Waals surface area contributed by atoms with Crippen LogP contribution in [0.2, 0.25) is 0 Å². The zero-order valence-corrected chi connectivity index (χ0v) is 11.8. The highest BCUT2D eigenvalue weighted by atomic mass is 15.3. The number of nitrogens with two attached hydrogens (primary N) is 1. The van der Waals surface area contributed by atoms with E-state index >= 15 is 0 Å². The quantitative estimate of drug-likeness (QED) is 0.764. The third-order valence-corrected chi connectivity index (χ3v) is 3.52. The van der Waals surface area contributed by atoms with Crippen LogP contribution in [0.15, 0.2) is 24.3 Å². The summed E-state index contributed by atoms with van der Waals surface area (Å²) in [4.78, 5) is 8.03. The molecule has 0 aliphatic rings. The van der Waals surface area contributed by atoms with E-state index < -0.39 is 0 Å². The van der Waals surface area contributed by atoms with Crippen molar-refractivity contribution in [1.82, 2.24) is 19.7 Å². The molecule has 3 aromatic rings. The van der Waals surface area contributed by atoms with Gasteiger partial charge in [-0.15, -0.1) is 0 Å². The molecule has 0 radical (unpaired) electrons. The fraction of sp³-hybridized carbons (Fsp3) is 0.333. The van der Waals surface area contributed by atoms with Gasteiger partial charge in [0.05, 0.1) is 16.7 Å². The first-order valence-corrected chi connectivity index (χ1v) is 7.01. The van der Waals surface area contributed by atoms with Gasteiger partial charge in [-0.3, -0.25) is 4.68 Å². The maximum Gasteiger partial charge on any atom is 0.156 e. The Morgan fingerprint density at radius 1 is 1.25 bits per heavy atom. The van der Waals surface area contributed by atoms with Gasteiger partial charge < -0.3 is 10.7 Å². The molecule has 3 N–H and O–H groups in total. The molecular weight excluding hydrogens is 250 g/mol. The molecule has 0 atom stereocenters. The summed E-state index contributed by atoms with van der Waals surface area (Å²) in [7, 11) is 0. The van der Waals surface area contributed by atoms with Crippen molar-refractivity contribution in [3.8, 4) is 11.5 Å². The van der Waals surface area contributed by atoms with Crippen molar-refractivity contribution in [3.05, 3.63) is 35.5 Å². The van der Waals surface area contributed by atoms with Gasteiger partial charge in [0, 0.05) is 13.1 Å². The SMILES string of the molecule is CCc1cc(-c2nc3ccc(CN)cc3[nH]2)n(CC)n1. The Bertz CT molecular complexity index is 738. The largest absolute Gasteiger partial charge is 0.337 e. The first kappa shape index (κ1) is 12.9. The van der Waals surface area contributed by atoms with Crippen molar-refractivity contribution in [1.29, 1.82) is 0 Å². The lowest BCUT2D eigenvalue weighted by molar-refractivity contribution is 0.653. The number of rotatable bonds is 4. The number of fused-ring (bicyclic) bond motifs is 1. The van der Waals surface area contributed by atoms with Crippen LogP contribution in [0.1, 0.15) is 25.1 Å². The van der Waals surface area contributed by atoms with Gasteiger partial charge in [-0.1, -0.05) is 13.0 Å². The molecule has 0 aliphatic heterocycles. The maximum absolute atomic E-state index is 5.68. The molecule has 20 heavy (non-hydrogen) atoms. The van der Waals surface area contributed by atoms with Crippen molar-refractivity contribution in [2.45, 2.75) is 33.4 Å².